The van der Waals surface area contributed by atoms with Gasteiger partial charge in [0.25, 0.3) is 0 Å². The van der Waals surface area contributed by atoms with Gasteiger partial charge >= 0.3 is 0 Å². The quantitative estimate of drug-likeness (QED) is 0.543. The van der Waals surface area contributed by atoms with E-state index < -0.39 is 41.3 Å². The second-order valence-corrected chi connectivity index (χ2v) is 6.62. The Morgan fingerprint density at radius 2 is 1.86 bits per heavy atom. The average molecular weight is 319 g/mol. The fraction of sp³-hybridized carbons (Fsp3) is 0.857. The van der Waals surface area contributed by atoms with E-state index in [0.717, 1.165) is 12.8 Å². The molecular formula is C14H23F2N3O3. The molecule has 0 saturated heterocycles. The fourth-order valence-corrected chi connectivity index (χ4v) is 3.43. The van der Waals surface area contributed by atoms with Crippen molar-refractivity contribution in [1.82, 2.24) is 5.32 Å². The standard InChI is InChI=1S/C14H23F2N3O3/c15-8-5-14(6-8,10(20)11(18)21)19-12(22)9(17)7-13(16)3-1-2-4-13/h8-10,20H,1-7,17H2,(H2,18,21)(H,19,22)/t8-,9-,10?,14-/m0/s1. The molecule has 2 aliphatic rings. The van der Waals surface area contributed by atoms with Crippen LogP contribution in [0.5, 0.6) is 0 Å². The maximum atomic E-state index is 14.4. The monoisotopic (exact) mass is 319 g/mol. The highest BCUT2D eigenvalue weighted by Crippen LogP contribution is 2.39. The number of amides is 2. The predicted octanol–water partition coefficient (Wildman–Crippen LogP) is -0.181. The molecule has 0 radical (unpaired) electrons. The molecule has 2 fully saturated rings. The Kier molecular flexibility index (Phi) is 4.72. The summed E-state index contributed by atoms with van der Waals surface area (Å²) in [5, 5.41) is 12.2. The fourth-order valence-electron chi connectivity index (χ4n) is 3.43. The van der Waals surface area contributed by atoms with Gasteiger partial charge in [-0.2, -0.15) is 0 Å². The van der Waals surface area contributed by atoms with E-state index in [9.17, 15) is 23.5 Å². The van der Waals surface area contributed by atoms with Crippen LogP contribution in [0.3, 0.4) is 0 Å². The number of nitrogens with one attached hydrogen (secondary N) is 1. The molecule has 8 heteroatoms. The summed E-state index contributed by atoms with van der Waals surface area (Å²) in [4.78, 5) is 23.3. The summed E-state index contributed by atoms with van der Waals surface area (Å²) in [6, 6.07) is -1.11. The topological polar surface area (TPSA) is 118 Å². The number of carbonyl (C=O) groups excluding carboxylic acids is 2. The molecule has 2 aliphatic carbocycles. The number of hydrogen-bond donors (Lipinski definition) is 4. The zero-order valence-corrected chi connectivity index (χ0v) is 12.4. The van der Waals surface area contributed by atoms with Crippen LogP contribution in [-0.2, 0) is 9.59 Å². The molecule has 0 spiro atoms. The van der Waals surface area contributed by atoms with Crippen molar-refractivity contribution in [2.75, 3.05) is 0 Å². The lowest BCUT2D eigenvalue weighted by atomic mass is 9.70. The largest absolute Gasteiger partial charge is 0.381 e. The Morgan fingerprint density at radius 1 is 1.32 bits per heavy atom. The molecule has 0 bridgehead atoms. The number of hydrogen-bond acceptors (Lipinski definition) is 4. The highest BCUT2D eigenvalue weighted by molar-refractivity contribution is 5.86. The molecule has 2 atom stereocenters. The lowest BCUT2D eigenvalue weighted by molar-refractivity contribution is -0.141. The normalized spacial score (nSPS) is 32.8. The van der Waals surface area contributed by atoms with Gasteiger partial charge in [0.2, 0.25) is 11.8 Å². The van der Waals surface area contributed by atoms with E-state index in [4.69, 9.17) is 11.5 Å². The van der Waals surface area contributed by atoms with Crippen LogP contribution in [-0.4, -0.2) is 46.4 Å². The van der Waals surface area contributed by atoms with E-state index in [1.807, 2.05) is 0 Å². The van der Waals surface area contributed by atoms with Crippen LogP contribution >= 0.6 is 0 Å². The highest BCUT2D eigenvalue weighted by Gasteiger charge is 2.53. The minimum atomic E-state index is -1.69. The van der Waals surface area contributed by atoms with Crippen molar-refractivity contribution < 1.29 is 23.5 Å². The molecule has 0 aromatic carbocycles. The van der Waals surface area contributed by atoms with E-state index >= 15 is 0 Å². The lowest BCUT2D eigenvalue weighted by Gasteiger charge is -2.47. The van der Waals surface area contributed by atoms with Gasteiger partial charge in [-0.25, -0.2) is 8.78 Å². The summed E-state index contributed by atoms with van der Waals surface area (Å²) in [6.07, 6.45) is -1.20. The van der Waals surface area contributed by atoms with Crippen LogP contribution in [0.25, 0.3) is 0 Å². The van der Waals surface area contributed by atoms with Gasteiger partial charge in [-0.1, -0.05) is 12.8 Å². The number of nitrogens with two attached hydrogens (primary N) is 2. The van der Waals surface area contributed by atoms with Gasteiger partial charge in [0.15, 0.2) is 6.10 Å². The molecule has 0 heterocycles. The predicted molar refractivity (Wildman–Crippen MR) is 75.1 cm³/mol. The number of rotatable bonds is 6. The summed E-state index contributed by atoms with van der Waals surface area (Å²) in [6.45, 7) is 0. The van der Waals surface area contributed by atoms with Crippen molar-refractivity contribution in [2.24, 2.45) is 11.5 Å². The molecule has 6 N–H and O–H groups in total. The Hall–Kier alpha value is -1.28. The Bertz CT molecular complexity index is 449. The first-order chi connectivity index (χ1) is 10.2. The first kappa shape index (κ1) is 17.1. The molecule has 0 aromatic rings. The van der Waals surface area contributed by atoms with Crippen LogP contribution in [0.15, 0.2) is 0 Å². The van der Waals surface area contributed by atoms with E-state index in [2.05, 4.69) is 5.32 Å². The van der Waals surface area contributed by atoms with Gasteiger partial charge in [0, 0.05) is 19.3 Å². The summed E-state index contributed by atoms with van der Waals surface area (Å²) in [5.41, 5.74) is 7.88. The van der Waals surface area contributed by atoms with E-state index in [0.29, 0.717) is 12.8 Å². The van der Waals surface area contributed by atoms with Crippen LogP contribution in [0, 0.1) is 0 Å². The molecule has 2 amide bonds. The van der Waals surface area contributed by atoms with Gasteiger partial charge in [0.1, 0.15) is 11.8 Å². The summed E-state index contributed by atoms with van der Waals surface area (Å²) >= 11 is 0. The maximum Gasteiger partial charge on any atom is 0.248 e. The summed E-state index contributed by atoms with van der Waals surface area (Å²) in [5.74, 6) is -1.74. The molecule has 1 unspecified atom stereocenters. The van der Waals surface area contributed by atoms with E-state index in [-0.39, 0.29) is 19.3 Å². The van der Waals surface area contributed by atoms with Crippen molar-refractivity contribution in [1.29, 1.82) is 0 Å². The third kappa shape index (κ3) is 3.38. The zero-order chi connectivity index (χ0) is 16.5. The van der Waals surface area contributed by atoms with E-state index in [1.54, 1.807) is 0 Å². The molecular weight excluding hydrogens is 296 g/mol. The minimum absolute atomic E-state index is 0.124. The average Bonchev–Trinajstić information content (AvgIpc) is 2.81. The summed E-state index contributed by atoms with van der Waals surface area (Å²) in [7, 11) is 0. The van der Waals surface area contributed by atoms with Crippen molar-refractivity contribution >= 4 is 11.8 Å². The number of primary amides is 1. The smallest absolute Gasteiger partial charge is 0.248 e. The van der Waals surface area contributed by atoms with Crippen LogP contribution < -0.4 is 16.8 Å². The lowest BCUT2D eigenvalue weighted by Crippen LogP contribution is -2.69. The third-order valence-corrected chi connectivity index (χ3v) is 4.76. The number of halogens is 2. The van der Waals surface area contributed by atoms with Crippen LogP contribution in [0.1, 0.15) is 44.9 Å². The molecule has 2 saturated carbocycles. The van der Waals surface area contributed by atoms with Gasteiger partial charge in [-0.15, -0.1) is 0 Å². The molecule has 126 valence electrons. The zero-order valence-electron chi connectivity index (χ0n) is 12.4. The molecule has 0 aromatic heterocycles. The van der Waals surface area contributed by atoms with Crippen molar-refractivity contribution in [3.05, 3.63) is 0 Å². The SMILES string of the molecule is NC(=O)C(O)[C@]1(NC(=O)[C@@H](N)CC2(F)CCCC2)C[C@H](F)C1. The van der Waals surface area contributed by atoms with Crippen molar-refractivity contribution in [3.63, 3.8) is 0 Å². The number of aliphatic hydroxyl groups excluding tert-OH is 1. The molecule has 22 heavy (non-hydrogen) atoms. The van der Waals surface area contributed by atoms with Crippen LogP contribution in [0.2, 0.25) is 0 Å². The van der Waals surface area contributed by atoms with Crippen LogP contribution in [0.4, 0.5) is 8.78 Å². The Balaban J connectivity index is 1.98. The first-order valence-electron chi connectivity index (χ1n) is 7.55. The van der Waals surface area contributed by atoms with Gasteiger partial charge in [-0.3, -0.25) is 9.59 Å². The number of carbonyl (C=O) groups is 2. The second kappa shape index (κ2) is 6.08. The number of aliphatic hydroxyl groups is 1. The Labute approximate surface area is 127 Å². The number of alkyl halides is 2. The van der Waals surface area contributed by atoms with E-state index in [1.165, 1.54) is 0 Å². The maximum absolute atomic E-state index is 14.4. The molecule has 6 nitrogen and oxygen atoms in total. The molecule has 0 aliphatic heterocycles. The second-order valence-electron chi connectivity index (χ2n) is 6.62. The molecule has 2 rings (SSSR count). The highest BCUT2D eigenvalue weighted by atomic mass is 19.1. The minimum Gasteiger partial charge on any atom is -0.381 e. The van der Waals surface area contributed by atoms with Crippen molar-refractivity contribution in [2.45, 2.75) is 74.5 Å². The first-order valence-corrected chi connectivity index (χ1v) is 7.55. The Morgan fingerprint density at radius 3 is 2.32 bits per heavy atom. The van der Waals surface area contributed by atoms with Gasteiger partial charge in [-0.05, 0) is 12.8 Å². The summed E-state index contributed by atoms with van der Waals surface area (Å²) < 4.78 is 27.5. The van der Waals surface area contributed by atoms with Crippen molar-refractivity contribution in [3.8, 4) is 0 Å². The van der Waals surface area contributed by atoms with Gasteiger partial charge < -0.3 is 21.9 Å². The third-order valence-electron chi connectivity index (χ3n) is 4.76. The van der Waals surface area contributed by atoms with Gasteiger partial charge in [0.05, 0.1) is 11.6 Å².